The Morgan fingerprint density at radius 2 is 1.89 bits per heavy atom. The van der Waals surface area contributed by atoms with E-state index < -0.39 is 0 Å². The highest BCUT2D eigenvalue weighted by Crippen LogP contribution is 2.36. The fraction of sp³-hybridized carbons (Fsp3) is 0.286. The molecule has 0 aliphatic rings. The molecule has 0 bridgehead atoms. The number of halogens is 1. The average molecular weight is 447 g/mol. The molecule has 2 aromatic carbocycles. The standard InChI is InChI=1S/C21H23BrN2O4/c1-5-9-28-21-17(22)10-16(12-20(21)27-6-2)14-24-23-13-15-7-8-18(25-3)19(11-15)26-4/h1,7-8,10-12,14,23H,6,9,13H2,2-4H3/b24-14+. The molecule has 0 radical (unpaired) electrons. The number of nitrogens with one attached hydrogen (secondary N) is 1. The number of hydrogen-bond acceptors (Lipinski definition) is 6. The van der Waals surface area contributed by atoms with Crippen LogP contribution in [0.15, 0.2) is 39.9 Å². The van der Waals surface area contributed by atoms with E-state index in [2.05, 4.69) is 32.4 Å². The second kappa shape index (κ2) is 11.1. The van der Waals surface area contributed by atoms with Crippen molar-refractivity contribution in [2.75, 3.05) is 27.4 Å². The Morgan fingerprint density at radius 3 is 2.57 bits per heavy atom. The highest BCUT2D eigenvalue weighted by molar-refractivity contribution is 9.10. The molecular weight excluding hydrogens is 424 g/mol. The highest BCUT2D eigenvalue weighted by Gasteiger charge is 2.11. The molecule has 0 unspecified atom stereocenters. The Labute approximate surface area is 174 Å². The van der Waals surface area contributed by atoms with Crippen molar-refractivity contribution in [3.63, 3.8) is 0 Å². The van der Waals surface area contributed by atoms with Crippen LogP contribution in [0, 0.1) is 12.3 Å². The lowest BCUT2D eigenvalue weighted by Gasteiger charge is -2.13. The summed E-state index contributed by atoms with van der Waals surface area (Å²) in [7, 11) is 3.22. The first-order valence-electron chi connectivity index (χ1n) is 8.62. The third-order valence-corrected chi connectivity index (χ3v) is 4.26. The largest absolute Gasteiger partial charge is 0.493 e. The van der Waals surface area contributed by atoms with E-state index in [1.54, 1.807) is 20.4 Å². The zero-order valence-electron chi connectivity index (χ0n) is 16.1. The molecule has 0 atom stereocenters. The Hall–Kier alpha value is -2.85. The van der Waals surface area contributed by atoms with Gasteiger partial charge in [-0.15, -0.1) is 6.42 Å². The first-order chi connectivity index (χ1) is 13.6. The predicted molar refractivity (Wildman–Crippen MR) is 114 cm³/mol. The smallest absolute Gasteiger partial charge is 0.176 e. The minimum atomic E-state index is 0.166. The van der Waals surface area contributed by atoms with Crippen molar-refractivity contribution in [1.82, 2.24) is 5.43 Å². The Balaban J connectivity index is 2.06. The maximum atomic E-state index is 5.65. The molecule has 2 rings (SSSR count). The summed E-state index contributed by atoms with van der Waals surface area (Å²) in [5.74, 6) is 5.00. The van der Waals surface area contributed by atoms with Crippen LogP contribution in [0.2, 0.25) is 0 Å². The van der Waals surface area contributed by atoms with Gasteiger partial charge in [-0.1, -0.05) is 12.0 Å². The molecule has 0 spiro atoms. The van der Waals surface area contributed by atoms with Gasteiger partial charge in [0.25, 0.3) is 0 Å². The number of ether oxygens (including phenoxy) is 4. The molecule has 0 aliphatic heterocycles. The molecule has 148 valence electrons. The minimum absolute atomic E-state index is 0.166. The molecular formula is C21H23BrN2O4. The van der Waals surface area contributed by atoms with Gasteiger partial charge in [0.2, 0.25) is 0 Å². The molecule has 7 heteroatoms. The number of rotatable bonds is 10. The van der Waals surface area contributed by atoms with Crippen molar-refractivity contribution >= 4 is 22.1 Å². The van der Waals surface area contributed by atoms with Gasteiger partial charge >= 0.3 is 0 Å². The first-order valence-corrected chi connectivity index (χ1v) is 9.41. The maximum Gasteiger partial charge on any atom is 0.176 e. The Kier molecular flexibility index (Phi) is 8.50. The zero-order chi connectivity index (χ0) is 20.4. The van der Waals surface area contributed by atoms with Crippen molar-refractivity contribution in [1.29, 1.82) is 0 Å². The van der Waals surface area contributed by atoms with E-state index in [0.717, 1.165) is 15.6 Å². The van der Waals surface area contributed by atoms with Gasteiger partial charge in [-0.05, 0) is 58.2 Å². The SMILES string of the molecule is C#CCOc1c(Br)cc(/C=N/NCc2ccc(OC)c(OC)c2)cc1OCC. The summed E-state index contributed by atoms with van der Waals surface area (Å²) in [4.78, 5) is 0. The van der Waals surface area contributed by atoms with E-state index in [9.17, 15) is 0 Å². The van der Waals surface area contributed by atoms with E-state index in [0.29, 0.717) is 36.1 Å². The quantitative estimate of drug-likeness (QED) is 0.339. The second-order valence-corrected chi connectivity index (χ2v) is 6.39. The number of benzene rings is 2. The van der Waals surface area contributed by atoms with E-state index in [4.69, 9.17) is 25.4 Å². The van der Waals surface area contributed by atoms with Gasteiger partial charge in [0, 0.05) is 0 Å². The number of terminal acetylenes is 1. The monoisotopic (exact) mass is 446 g/mol. The van der Waals surface area contributed by atoms with E-state index in [1.807, 2.05) is 37.3 Å². The molecule has 1 N–H and O–H groups in total. The summed E-state index contributed by atoms with van der Waals surface area (Å²) in [5, 5.41) is 4.27. The molecule has 0 heterocycles. The number of methoxy groups -OCH3 is 2. The van der Waals surface area contributed by atoms with Gasteiger partial charge in [-0.3, -0.25) is 0 Å². The summed E-state index contributed by atoms with van der Waals surface area (Å²) < 4.78 is 22.5. The fourth-order valence-electron chi connectivity index (χ4n) is 2.43. The van der Waals surface area contributed by atoms with Crippen LogP contribution in [0.4, 0.5) is 0 Å². The summed E-state index contributed by atoms with van der Waals surface area (Å²) in [6.45, 7) is 3.13. The van der Waals surface area contributed by atoms with Crippen LogP contribution in [-0.4, -0.2) is 33.6 Å². The molecule has 0 amide bonds. The number of hydrazone groups is 1. The van der Waals surface area contributed by atoms with Crippen LogP contribution in [0.25, 0.3) is 0 Å². The van der Waals surface area contributed by atoms with Gasteiger partial charge in [0.05, 0.1) is 38.1 Å². The van der Waals surface area contributed by atoms with Gasteiger partial charge in [0.1, 0.15) is 6.61 Å². The normalized spacial score (nSPS) is 10.4. The Bertz CT molecular complexity index is 862. The lowest BCUT2D eigenvalue weighted by molar-refractivity contribution is 0.298. The second-order valence-electron chi connectivity index (χ2n) is 5.54. The van der Waals surface area contributed by atoms with Crippen molar-refractivity contribution in [3.05, 3.63) is 45.9 Å². The molecule has 2 aromatic rings. The maximum absolute atomic E-state index is 5.65. The summed E-state index contributed by atoms with van der Waals surface area (Å²) in [6.07, 6.45) is 6.98. The number of nitrogens with zero attached hydrogens (tertiary/aromatic N) is 1. The van der Waals surface area contributed by atoms with Crippen molar-refractivity contribution in [2.24, 2.45) is 5.10 Å². The van der Waals surface area contributed by atoms with E-state index in [1.165, 1.54) is 0 Å². The van der Waals surface area contributed by atoms with Crippen molar-refractivity contribution in [3.8, 4) is 35.3 Å². The van der Waals surface area contributed by atoms with Gasteiger partial charge in [-0.2, -0.15) is 5.10 Å². The van der Waals surface area contributed by atoms with Crippen LogP contribution >= 0.6 is 15.9 Å². The van der Waals surface area contributed by atoms with Crippen LogP contribution in [0.1, 0.15) is 18.1 Å². The van der Waals surface area contributed by atoms with Crippen molar-refractivity contribution < 1.29 is 18.9 Å². The van der Waals surface area contributed by atoms with Gasteiger partial charge in [0.15, 0.2) is 23.0 Å². The lowest BCUT2D eigenvalue weighted by atomic mass is 10.2. The molecule has 28 heavy (non-hydrogen) atoms. The van der Waals surface area contributed by atoms with E-state index >= 15 is 0 Å². The summed E-state index contributed by atoms with van der Waals surface area (Å²) in [6, 6.07) is 9.45. The molecule has 0 aliphatic carbocycles. The van der Waals surface area contributed by atoms with Crippen molar-refractivity contribution in [2.45, 2.75) is 13.5 Å². The van der Waals surface area contributed by atoms with Crippen LogP contribution in [0.3, 0.4) is 0 Å². The van der Waals surface area contributed by atoms with Crippen LogP contribution in [-0.2, 0) is 6.54 Å². The molecule has 0 saturated heterocycles. The molecule has 0 fully saturated rings. The first kappa shape index (κ1) is 21.5. The summed E-state index contributed by atoms with van der Waals surface area (Å²) >= 11 is 3.49. The lowest BCUT2D eigenvalue weighted by Crippen LogP contribution is -2.06. The van der Waals surface area contributed by atoms with Gasteiger partial charge in [-0.25, -0.2) is 0 Å². The predicted octanol–water partition coefficient (Wildman–Crippen LogP) is 4.00. The fourth-order valence-corrected chi connectivity index (χ4v) is 3.00. The molecule has 0 saturated carbocycles. The Morgan fingerprint density at radius 1 is 1.11 bits per heavy atom. The van der Waals surface area contributed by atoms with Gasteiger partial charge < -0.3 is 24.4 Å². The van der Waals surface area contributed by atoms with Crippen LogP contribution in [0.5, 0.6) is 23.0 Å². The third kappa shape index (κ3) is 5.83. The minimum Gasteiger partial charge on any atom is -0.493 e. The van der Waals surface area contributed by atoms with E-state index in [-0.39, 0.29) is 6.61 Å². The zero-order valence-corrected chi connectivity index (χ0v) is 17.7. The molecule has 0 aromatic heterocycles. The molecule has 6 nitrogen and oxygen atoms in total. The number of hydrogen-bond donors (Lipinski definition) is 1. The highest BCUT2D eigenvalue weighted by atomic mass is 79.9. The topological polar surface area (TPSA) is 61.3 Å². The third-order valence-electron chi connectivity index (χ3n) is 3.67. The average Bonchev–Trinajstić information content (AvgIpc) is 2.70. The van der Waals surface area contributed by atoms with Crippen LogP contribution < -0.4 is 24.4 Å². The summed E-state index contributed by atoms with van der Waals surface area (Å²) in [5.41, 5.74) is 4.89.